The van der Waals surface area contributed by atoms with Gasteiger partial charge in [0, 0.05) is 0 Å². The number of hydrogen-bond acceptors (Lipinski definition) is 4. The predicted octanol–water partition coefficient (Wildman–Crippen LogP) is 3.53. The molecule has 0 unspecified atom stereocenters. The van der Waals surface area contributed by atoms with Crippen LogP contribution in [0, 0.1) is 0 Å². The molecule has 1 heterocycles. The van der Waals surface area contributed by atoms with Gasteiger partial charge in [-0.3, -0.25) is 5.32 Å². The SMILES string of the molecule is O=C(Nc1nc(Cl)ncc1Cl)OCc1ccccc1. The van der Waals surface area contributed by atoms with Crippen LogP contribution in [0.2, 0.25) is 10.3 Å². The number of carbonyl (C=O) groups is 1. The molecule has 19 heavy (non-hydrogen) atoms. The predicted molar refractivity (Wildman–Crippen MR) is 72.3 cm³/mol. The first-order valence-corrected chi connectivity index (χ1v) is 6.06. The van der Waals surface area contributed by atoms with E-state index in [-0.39, 0.29) is 22.7 Å². The van der Waals surface area contributed by atoms with Crippen LogP contribution in [0.3, 0.4) is 0 Å². The van der Waals surface area contributed by atoms with Gasteiger partial charge in [-0.25, -0.2) is 9.78 Å². The molecule has 1 amide bonds. The number of benzene rings is 1. The van der Waals surface area contributed by atoms with Crippen LogP contribution < -0.4 is 5.32 Å². The molecule has 98 valence electrons. The minimum Gasteiger partial charge on any atom is -0.444 e. The average molecular weight is 298 g/mol. The fraction of sp³-hybridized carbons (Fsp3) is 0.0833. The molecule has 1 N–H and O–H groups in total. The van der Waals surface area contributed by atoms with Crippen molar-refractivity contribution in [1.29, 1.82) is 0 Å². The Labute approximate surface area is 119 Å². The van der Waals surface area contributed by atoms with E-state index < -0.39 is 6.09 Å². The Kier molecular flexibility index (Phi) is 4.54. The Morgan fingerprint density at radius 2 is 2.00 bits per heavy atom. The molecule has 5 nitrogen and oxygen atoms in total. The van der Waals surface area contributed by atoms with Crippen molar-refractivity contribution in [2.24, 2.45) is 0 Å². The zero-order chi connectivity index (χ0) is 13.7. The number of aromatic nitrogens is 2. The highest BCUT2D eigenvalue weighted by molar-refractivity contribution is 6.34. The number of hydrogen-bond donors (Lipinski definition) is 1. The van der Waals surface area contributed by atoms with Crippen LogP contribution in [0.15, 0.2) is 36.5 Å². The Bertz CT molecular complexity index is 578. The normalized spacial score (nSPS) is 10.0. The first-order chi connectivity index (χ1) is 9.15. The van der Waals surface area contributed by atoms with Crippen molar-refractivity contribution in [3.05, 3.63) is 52.4 Å². The Hall–Kier alpha value is -1.85. The molecule has 0 fully saturated rings. The Morgan fingerprint density at radius 1 is 1.26 bits per heavy atom. The summed E-state index contributed by atoms with van der Waals surface area (Å²) in [5.74, 6) is 0.111. The molecule has 0 aliphatic rings. The van der Waals surface area contributed by atoms with Gasteiger partial charge in [-0.2, -0.15) is 4.98 Å². The maximum Gasteiger partial charge on any atom is 0.413 e. The average Bonchev–Trinajstić information content (AvgIpc) is 2.42. The van der Waals surface area contributed by atoms with Gasteiger partial charge in [0.2, 0.25) is 5.28 Å². The fourth-order valence-corrected chi connectivity index (χ4v) is 1.56. The van der Waals surface area contributed by atoms with E-state index in [1.807, 2.05) is 30.3 Å². The fourth-order valence-electron chi connectivity index (χ4n) is 1.29. The van der Waals surface area contributed by atoms with Gasteiger partial charge >= 0.3 is 6.09 Å². The summed E-state index contributed by atoms with van der Waals surface area (Å²) < 4.78 is 5.01. The standard InChI is InChI=1S/C12H9Cl2N3O2/c13-9-6-15-11(14)16-10(9)17-12(18)19-7-8-4-2-1-3-5-8/h1-6H,7H2,(H,15,16,17,18). The monoisotopic (exact) mass is 297 g/mol. The van der Waals surface area contributed by atoms with Gasteiger partial charge in [0.25, 0.3) is 0 Å². The van der Waals surface area contributed by atoms with E-state index in [0.717, 1.165) is 5.56 Å². The lowest BCUT2D eigenvalue weighted by Gasteiger charge is -2.07. The summed E-state index contributed by atoms with van der Waals surface area (Å²) in [6.07, 6.45) is 0.629. The third kappa shape index (κ3) is 4.08. The topological polar surface area (TPSA) is 64.1 Å². The third-order valence-electron chi connectivity index (χ3n) is 2.15. The molecule has 0 saturated carbocycles. The minimum absolute atomic E-state index is 0.0113. The summed E-state index contributed by atoms with van der Waals surface area (Å²) in [6, 6.07) is 9.30. The van der Waals surface area contributed by atoms with Crippen LogP contribution in [-0.2, 0) is 11.3 Å². The van der Waals surface area contributed by atoms with Crippen LogP contribution in [0.4, 0.5) is 10.6 Å². The van der Waals surface area contributed by atoms with Gasteiger partial charge in [-0.05, 0) is 17.2 Å². The van der Waals surface area contributed by atoms with Crippen molar-refractivity contribution in [2.45, 2.75) is 6.61 Å². The highest BCUT2D eigenvalue weighted by atomic mass is 35.5. The van der Waals surface area contributed by atoms with Crippen molar-refractivity contribution in [3.63, 3.8) is 0 Å². The summed E-state index contributed by atoms with van der Waals surface area (Å²) in [4.78, 5) is 19.0. The lowest BCUT2D eigenvalue weighted by atomic mass is 10.2. The summed E-state index contributed by atoms with van der Waals surface area (Å²) in [6.45, 7) is 0.156. The van der Waals surface area contributed by atoms with E-state index in [1.165, 1.54) is 6.20 Å². The van der Waals surface area contributed by atoms with Crippen LogP contribution >= 0.6 is 23.2 Å². The molecule has 0 aliphatic heterocycles. The zero-order valence-electron chi connectivity index (χ0n) is 9.64. The number of ether oxygens (including phenoxy) is 1. The number of carbonyl (C=O) groups excluding carboxylic acids is 1. The van der Waals surface area contributed by atoms with Crippen molar-refractivity contribution < 1.29 is 9.53 Å². The molecule has 7 heteroatoms. The van der Waals surface area contributed by atoms with Gasteiger partial charge < -0.3 is 4.74 Å². The van der Waals surface area contributed by atoms with Crippen LogP contribution in [0.5, 0.6) is 0 Å². The molecular weight excluding hydrogens is 289 g/mol. The van der Waals surface area contributed by atoms with Crippen molar-refractivity contribution >= 4 is 35.1 Å². The maximum absolute atomic E-state index is 11.6. The second-order valence-corrected chi connectivity index (χ2v) is 4.27. The number of rotatable bonds is 3. The molecule has 0 saturated heterocycles. The summed E-state index contributed by atoms with van der Waals surface area (Å²) in [5, 5.41) is 2.56. The first kappa shape index (κ1) is 13.6. The maximum atomic E-state index is 11.6. The molecule has 0 atom stereocenters. The molecule has 2 aromatic rings. The number of nitrogens with one attached hydrogen (secondary N) is 1. The van der Waals surface area contributed by atoms with E-state index in [1.54, 1.807) is 0 Å². The Morgan fingerprint density at radius 3 is 2.74 bits per heavy atom. The van der Waals surface area contributed by atoms with E-state index in [2.05, 4.69) is 15.3 Å². The van der Waals surface area contributed by atoms with Crippen molar-refractivity contribution in [1.82, 2.24) is 9.97 Å². The van der Waals surface area contributed by atoms with Crippen molar-refractivity contribution in [2.75, 3.05) is 5.32 Å². The van der Waals surface area contributed by atoms with Crippen LogP contribution in [-0.4, -0.2) is 16.1 Å². The summed E-state index contributed by atoms with van der Waals surface area (Å²) in [7, 11) is 0. The van der Waals surface area contributed by atoms with E-state index in [9.17, 15) is 4.79 Å². The first-order valence-electron chi connectivity index (χ1n) is 5.31. The quantitative estimate of drug-likeness (QED) is 0.880. The third-order valence-corrected chi connectivity index (χ3v) is 2.61. The van der Waals surface area contributed by atoms with Gasteiger partial charge in [-0.1, -0.05) is 41.9 Å². The molecule has 1 aromatic heterocycles. The molecule has 0 aliphatic carbocycles. The second-order valence-electron chi connectivity index (χ2n) is 3.52. The molecule has 0 bridgehead atoms. The minimum atomic E-state index is -0.666. The van der Waals surface area contributed by atoms with Gasteiger partial charge in [0.15, 0.2) is 5.82 Å². The van der Waals surface area contributed by atoms with Gasteiger partial charge in [0.05, 0.1) is 6.20 Å². The summed E-state index contributed by atoms with van der Waals surface area (Å²) in [5.41, 5.74) is 0.879. The van der Waals surface area contributed by atoms with E-state index >= 15 is 0 Å². The molecule has 0 radical (unpaired) electrons. The largest absolute Gasteiger partial charge is 0.444 e. The van der Waals surface area contributed by atoms with Crippen molar-refractivity contribution in [3.8, 4) is 0 Å². The van der Waals surface area contributed by atoms with Gasteiger partial charge in [0.1, 0.15) is 11.6 Å². The second kappa shape index (κ2) is 6.36. The smallest absolute Gasteiger partial charge is 0.413 e. The highest BCUT2D eigenvalue weighted by Crippen LogP contribution is 2.19. The lowest BCUT2D eigenvalue weighted by Crippen LogP contribution is -2.15. The Balaban J connectivity index is 1.93. The molecule has 2 rings (SSSR count). The van der Waals surface area contributed by atoms with Crippen LogP contribution in [0.25, 0.3) is 0 Å². The highest BCUT2D eigenvalue weighted by Gasteiger charge is 2.09. The van der Waals surface area contributed by atoms with E-state index in [4.69, 9.17) is 27.9 Å². The number of halogens is 2. The number of amides is 1. The molecule has 0 spiro atoms. The van der Waals surface area contributed by atoms with Gasteiger partial charge in [-0.15, -0.1) is 0 Å². The zero-order valence-corrected chi connectivity index (χ0v) is 11.1. The number of nitrogens with zero attached hydrogens (tertiary/aromatic N) is 2. The van der Waals surface area contributed by atoms with E-state index in [0.29, 0.717) is 0 Å². The molecule has 1 aromatic carbocycles. The van der Waals surface area contributed by atoms with Crippen LogP contribution in [0.1, 0.15) is 5.56 Å². The molecular formula is C12H9Cl2N3O2. The summed E-state index contributed by atoms with van der Waals surface area (Å²) >= 11 is 11.4. The lowest BCUT2D eigenvalue weighted by molar-refractivity contribution is 0.155. The number of anilines is 1.